The van der Waals surface area contributed by atoms with E-state index in [0.29, 0.717) is 43.5 Å². The van der Waals surface area contributed by atoms with Gasteiger partial charge in [-0.15, -0.1) is 0 Å². The van der Waals surface area contributed by atoms with E-state index in [0.717, 1.165) is 125 Å². The van der Waals surface area contributed by atoms with Crippen LogP contribution in [0.2, 0.25) is 0 Å². The molecule has 0 saturated carbocycles. The Bertz CT molecular complexity index is 2250. The zero-order chi connectivity index (χ0) is 43.9. The first-order valence-electron chi connectivity index (χ1n) is 23.0. The number of hydrogen-bond acceptors (Lipinski definition) is 12. The molecule has 2 aromatic heterocycles. The molecule has 2 aromatic carbocycles. The van der Waals surface area contributed by atoms with Crippen LogP contribution in [0.4, 0.5) is 11.6 Å². The van der Waals surface area contributed by atoms with Crippen LogP contribution in [0.3, 0.4) is 0 Å². The van der Waals surface area contributed by atoms with E-state index in [1.165, 1.54) is 5.56 Å². The fourth-order valence-electron chi connectivity index (χ4n) is 9.22. The van der Waals surface area contributed by atoms with Gasteiger partial charge in [-0.3, -0.25) is 24.5 Å². The van der Waals surface area contributed by atoms with Crippen molar-refractivity contribution in [3.8, 4) is 6.01 Å². The van der Waals surface area contributed by atoms with Crippen LogP contribution in [-0.2, 0) is 33.9 Å². The van der Waals surface area contributed by atoms with Gasteiger partial charge >= 0.3 is 6.01 Å². The first kappa shape index (κ1) is 44.2. The molecule has 0 radical (unpaired) electrons. The quantitative estimate of drug-likeness (QED) is 0.0921. The highest BCUT2D eigenvalue weighted by molar-refractivity contribution is 6.05. The number of unbranched alkanes of at least 4 members (excludes halogenated alkanes) is 2. The van der Waals surface area contributed by atoms with E-state index in [1.807, 2.05) is 42.6 Å². The van der Waals surface area contributed by atoms with E-state index in [2.05, 4.69) is 62.7 Å². The van der Waals surface area contributed by atoms with Crippen LogP contribution in [-0.4, -0.2) is 134 Å². The molecule has 4 aliphatic heterocycles. The third-order valence-electron chi connectivity index (χ3n) is 13.1. The summed E-state index contributed by atoms with van der Waals surface area (Å²) in [4.78, 5) is 68.6. The summed E-state index contributed by atoms with van der Waals surface area (Å²) >= 11 is 0. The number of anilines is 2. The monoisotopic (exact) mass is 862 g/mol. The summed E-state index contributed by atoms with van der Waals surface area (Å²) in [6.07, 6.45) is 9.94. The number of benzene rings is 2. The summed E-state index contributed by atoms with van der Waals surface area (Å²) in [5, 5.41) is 13.5. The summed E-state index contributed by atoms with van der Waals surface area (Å²) in [6, 6.07) is 13.6. The van der Waals surface area contributed by atoms with Crippen molar-refractivity contribution >= 4 is 40.9 Å². The first-order valence-corrected chi connectivity index (χ1v) is 23.0. The Morgan fingerprint density at radius 2 is 1.63 bits per heavy atom. The Morgan fingerprint density at radius 1 is 0.889 bits per heavy atom. The highest BCUT2D eigenvalue weighted by atomic mass is 16.5. The maximum Gasteiger partial charge on any atom is 0.322 e. The molecule has 0 spiro atoms. The number of nitrogens with zero attached hydrogens (tertiary/aromatic N) is 8. The number of aryl methyl sites for hydroxylation is 1. The first-order chi connectivity index (χ1) is 30.6. The lowest BCUT2D eigenvalue weighted by molar-refractivity contribution is -0.137. The smallest absolute Gasteiger partial charge is 0.322 e. The van der Waals surface area contributed by atoms with Crippen molar-refractivity contribution in [2.45, 2.75) is 109 Å². The van der Waals surface area contributed by atoms with Gasteiger partial charge in [-0.05, 0) is 106 Å². The number of aromatic nitrogens is 4. The summed E-state index contributed by atoms with van der Waals surface area (Å²) in [5.41, 5.74) is 6.52. The van der Waals surface area contributed by atoms with E-state index < -0.39 is 6.04 Å². The number of hydrogen-bond donors (Lipinski definition) is 3. The third-order valence-corrected chi connectivity index (χ3v) is 13.1. The largest absolute Gasteiger partial charge is 0.460 e. The van der Waals surface area contributed by atoms with Gasteiger partial charge in [0.1, 0.15) is 12.1 Å². The standard InChI is InChI=1S/C47H63N11O5/c1-32(2)38-30-49-58-43(38)52-47(63-36-19-23-54(3)24-20-36)53-46(58)48-29-33-13-15-35(16-14-33)50-41(59)12-8-22-56-27-25-55(26-28-56)21-6-4-5-9-34-10-7-11-37-39(34)31-57(45(37)62)40-17-18-42(60)51-44(40)61/h7,10-11,13-16,30,32,36,40H,4-6,8-9,12,17-29,31H2,1-3H3,(H,50,59)(H,48,52,53)(H,51,60,61). The number of piperidine rings is 2. The number of rotatable bonds is 18. The van der Waals surface area contributed by atoms with Gasteiger partial charge < -0.3 is 35.0 Å². The molecule has 0 bridgehead atoms. The lowest BCUT2D eigenvalue weighted by atomic mass is 9.98. The van der Waals surface area contributed by atoms with Gasteiger partial charge in [-0.2, -0.15) is 19.6 Å². The predicted molar refractivity (Wildman–Crippen MR) is 241 cm³/mol. The Labute approximate surface area is 370 Å². The van der Waals surface area contributed by atoms with Crippen LogP contribution >= 0.6 is 0 Å². The molecule has 3 saturated heterocycles. The van der Waals surface area contributed by atoms with Crippen LogP contribution < -0.4 is 20.7 Å². The molecular formula is C47H63N11O5. The van der Waals surface area contributed by atoms with Gasteiger partial charge in [-0.1, -0.05) is 44.5 Å². The number of piperazine rings is 1. The molecule has 4 aliphatic rings. The molecule has 3 N–H and O–H groups in total. The molecule has 3 fully saturated rings. The number of imide groups is 1. The summed E-state index contributed by atoms with van der Waals surface area (Å²) in [5.74, 6) is 0.102. The number of fused-ring (bicyclic) bond motifs is 2. The van der Waals surface area contributed by atoms with Crippen LogP contribution in [0.1, 0.15) is 110 Å². The average Bonchev–Trinajstić information content (AvgIpc) is 3.86. The summed E-state index contributed by atoms with van der Waals surface area (Å²) in [6.45, 7) is 13.3. The molecule has 0 aliphatic carbocycles. The van der Waals surface area contributed by atoms with Crippen LogP contribution in [0.25, 0.3) is 5.65 Å². The summed E-state index contributed by atoms with van der Waals surface area (Å²) < 4.78 is 8.04. The maximum atomic E-state index is 13.2. The molecule has 1 atom stereocenters. The minimum atomic E-state index is -0.587. The molecule has 6 heterocycles. The molecule has 16 nitrogen and oxygen atoms in total. The van der Waals surface area contributed by atoms with Crippen molar-refractivity contribution < 1.29 is 23.9 Å². The Hall–Kier alpha value is -5.45. The highest BCUT2D eigenvalue weighted by Crippen LogP contribution is 2.31. The maximum absolute atomic E-state index is 13.2. The molecular weight excluding hydrogens is 799 g/mol. The minimum Gasteiger partial charge on any atom is -0.460 e. The van der Waals surface area contributed by atoms with Crippen molar-refractivity contribution in [3.63, 3.8) is 0 Å². The Balaban J connectivity index is 0.709. The molecule has 8 rings (SSSR count). The molecule has 336 valence electrons. The van der Waals surface area contributed by atoms with Gasteiger partial charge in [-0.25, -0.2) is 0 Å². The molecule has 16 heteroatoms. The van der Waals surface area contributed by atoms with Crippen LogP contribution in [0.5, 0.6) is 6.01 Å². The second kappa shape index (κ2) is 20.4. The van der Waals surface area contributed by atoms with Gasteiger partial charge in [0.2, 0.25) is 23.7 Å². The number of nitrogens with one attached hydrogen (secondary N) is 3. The molecule has 4 amide bonds. The average molecular weight is 862 g/mol. The Morgan fingerprint density at radius 3 is 2.37 bits per heavy atom. The third kappa shape index (κ3) is 11.0. The van der Waals surface area contributed by atoms with E-state index in [9.17, 15) is 19.2 Å². The van der Waals surface area contributed by atoms with Gasteiger partial charge in [0.25, 0.3) is 5.91 Å². The SMILES string of the molecule is CC(C)c1cnn2c(NCc3ccc(NC(=O)CCCN4CCN(CCCCCc5cccc6c5CN(C5CCC(=O)NC5=O)C6=O)CC4)cc3)nc(OC3CCN(C)CC3)nc12. The van der Waals surface area contributed by atoms with Gasteiger partial charge in [0.05, 0.1) is 6.20 Å². The highest BCUT2D eigenvalue weighted by Gasteiger charge is 2.39. The topological polar surface area (TPSA) is 170 Å². The predicted octanol–water partition coefficient (Wildman–Crippen LogP) is 4.84. The second-order valence-corrected chi connectivity index (χ2v) is 18.0. The number of amides is 4. The van der Waals surface area contributed by atoms with Crippen molar-refractivity contribution in [3.05, 3.63) is 76.5 Å². The zero-order valence-electron chi connectivity index (χ0n) is 37.1. The van der Waals surface area contributed by atoms with Crippen molar-refractivity contribution in [2.24, 2.45) is 0 Å². The lowest BCUT2D eigenvalue weighted by Gasteiger charge is -2.34. The van der Waals surface area contributed by atoms with E-state index in [-0.39, 0.29) is 42.1 Å². The number of likely N-dealkylation sites (tertiary alicyclic amines) is 1. The number of carbonyl (C=O) groups excluding carboxylic acids is 4. The van der Waals surface area contributed by atoms with Gasteiger partial charge in [0, 0.05) is 82.0 Å². The van der Waals surface area contributed by atoms with E-state index in [1.54, 1.807) is 9.42 Å². The van der Waals surface area contributed by atoms with E-state index in [4.69, 9.17) is 14.7 Å². The molecule has 63 heavy (non-hydrogen) atoms. The number of carbonyl (C=O) groups is 4. The fraction of sp³-hybridized carbons (Fsp3) is 0.553. The van der Waals surface area contributed by atoms with Crippen LogP contribution in [0, 0.1) is 0 Å². The zero-order valence-corrected chi connectivity index (χ0v) is 37.1. The summed E-state index contributed by atoms with van der Waals surface area (Å²) in [7, 11) is 2.13. The normalized spacial score (nSPS) is 19.2. The minimum absolute atomic E-state index is 0.0263. The van der Waals surface area contributed by atoms with E-state index >= 15 is 0 Å². The van der Waals surface area contributed by atoms with Gasteiger partial charge in [0.15, 0.2) is 5.65 Å². The van der Waals surface area contributed by atoms with Crippen molar-refractivity contribution in [2.75, 3.05) is 70.0 Å². The van der Waals surface area contributed by atoms with Crippen molar-refractivity contribution in [1.29, 1.82) is 0 Å². The van der Waals surface area contributed by atoms with Crippen molar-refractivity contribution in [1.82, 2.24) is 44.5 Å². The second-order valence-electron chi connectivity index (χ2n) is 18.0. The lowest BCUT2D eigenvalue weighted by Crippen LogP contribution is -2.52. The molecule has 1 unspecified atom stereocenters. The number of ether oxygens (including phenoxy) is 1. The fourth-order valence-corrected chi connectivity index (χ4v) is 9.22. The Kier molecular flexibility index (Phi) is 14.3. The molecule has 4 aromatic rings. The van der Waals surface area contributed by atoms with Crippen LogP contribution in [0.15, 0.2) is 48.7 Å².